The van der Waals surface area contributed by atoms with Gasteiger partial charge in [-0.3, -0.25) is 23.4 Å². The van der Waals surface area contributed by atoms with E-state index >= 15 is 0 Å². The van der Waals surface area contributed by atoms with Gasteiger partial charge in [0.05, 0.1) is 18.8 Å². The Morgan fingerprint density at radius 2 is 1.97 bits per heavy atom. The van der Waals surface area contributed by atoms with E-state index in [1.807, 2.05) is 4.98 Å². The van der Waals surface area contributed by atoms with Crippen molar-refractivity contribution in [2.45, 2.75) is 37.1 Å². The van der Waals surface area contributed by atoms with Crippen LogP contribution in [0.4, 0.5) is 13.0 Å². The molecule has 22 heteroatoms. The summed E-state index contributed by atoms with van der Waals surface area (Å²) >= 11 is 0. The van der Waals surface area contributed by atoms with Crippen molar-refractivity contribution in [3.63, 3.8) is 0 Å². The number of rotatable bonds is 9. The molecule has 0 amide bonds. The average Bonchev–Trinajstić information content (AvgIpc) is 3.04. The monoisotopic (exact) mass is 543 g/mol. The van der Waals surface area contributed by atoms with Crippen LogP contribution in [0, 0.1) is 6.92 Å². The normalized spacial score (nSPS) is 26.6. The van der Waals surface area contributed by atoms with Crippen molar-refractivity contribution < 1.29 is 54.9 Å². The molecule has 0 bridgehead atoms. The Kier molecular flexibility index (Phi) is 7.88. The molecule has 2 rings (SSSR count). The zero-order valence-corrected chi connectivity index (χ0v) is 18.8. The van der Waals surface area contributed by atoms with Crippen LogP contribution in [0.15, 0.2) is 20.9 Å². The standard InChI is InChI=1S/C11H15F3N5O11P3/c1-5-3-19(10(21)16-9(5)20)8-2-6(17-18-15)7(29-8)4-28-33(26,27)30-32(24,25)11(12,13)31(14,22)23/h3,6-8H,2,4H2,1H3,(H,22,23)(H,24,25)(H,26,27)(H,16,20,21)/t6-,7+,8+/m1/s1. The van der Waals surface area contributed by atoms with Gasteiger partial charge in [0.2, 0.25) is 0 Å². The number of phosphoric ester groups is 1. The number of phosphoric acid groups is 1. The van der Waals surface area contributed by atoms with Crippen LogP contribution in [-0.2, 0) is 27.3 Å². The molecule has 6 atom stereocenters. The van der Waals surface area contributed by atoms with Crippen LogP contribution in [-0.4, -0.2) is 48.4 Å². The fourth-order valence-electron chi connectivity index (χ4n) is 2.56. The Morgan fingerprint density at radius 1 is 1.36 bits per heavy atom. The second kappa shape index (κ2) is 9.47. The second-order valence-electron chi connectivity index (χ2n) is 6.49. The topological polar surface area (TPSA) is 243 Å². The minimum absolute atomic E-state index is 0.0974. The third-order valence-electron chi connectivity index (χ3n) is 4.15. The van der Waals surface area contributed by atoms with E-state index in [4.69, 9.17) is 20.1 Å². The molecule has 1 saturated heterocycles. The van der Waals surface area contributed by atoms with Crippen molar-refractivity contribution in [2.24, 2.45) is 5.11 Å². The van der Waals surface area contributed by atoms with Gasteiger partial charge in [-0.05, 0) is 12.5 Å². The molecule has 33 heavy (non-hydrogen) atoms. The molecule has 0 aliphatic carbocycles. The molecule has 1 aliphatic heterocycles. The van der Waals surface area contributed by atoms with Crippen molar-refractivity contribution in [1.29, 1.82) is 0 Å². The molecule has 1 aromatic rings. The summed E-state index contributed by atoms with van der Waals surface area (Å²) in [6.07, 6.45) is -1.77. The molecular formula is C11H15F3N5O11P3. The number of nitrogens with one attached hydrogen (secondary N) is 1. The van der Waals surface area contributed by atoms with E-state index in [9.17, 15) is 41.2 Å². The minimum atomic E-state index is -7.09. The summed E-state index contributed by atoms with van der Waals surface area (Å²) in [7, 11) is -19.9. The van der Waals surface area contributed by atoms with Gasteiger partial charge in [-0.25, -0.2) is 18.2 Å². The van der Waals surface area contributed by atoms with Crippen LogP contribution in [0.1, 0.15) is 18.2 Å². The summed E-state index contributed by atoms with van der Waals surface area (Å²) < 4.78 is 87.0. The third kappa shape index (κ3) is 6.03. The average molecular weight is 543 g/mol. The predicted octanol–water partition coefficient (Wildman–Crippen LogP) is 1.84. The first kappa shape index (κ1) is 27.5. The summed E-state index contributed by atoms with van der Waals surface area (Å²) in [6, 6.07) is -1.19. The minimum Gasteiger partial charge on any atom is -0.352 e. The first-order valence-corrected chi connectivity index (χ1v) is 13.0. The first-order chi connectivity index (χ1) is 14.9. The predicted molar refractivity (Wildman–Crippen MR) is 100 cm³/mol. The molecule has 1 aliphatic rings. The van der Waals surface area contributed by atoms with Gasteiger partial charge >= 0.3 is 34.2 Å². The molecular weight excluding hydrogens is 528 g/mol. The molecule has 0 radical (unpaired) electrons. The fourth-order valence-corrected chi connectivity index (χ4v) is 6.17. The molecule has 0 aromatic carbocycles. The number of aryl methyl sites for hydroxylation is 1. The lowest BCUT2D eigenvalue weighted by Gasteiger charge is -2.23. The molecule has 0 spiro atoms. The smallest absolute Gasteiger partial charge is 0.352 e. The highest BCUT2D eigenvalue weighted by atomic mass is 31.3. The van der Waals surface area contributed by atoms with E-state index in [0.29, 0.717) is 0 Å². The van der Waals surface area contributed by atoms with E-state index < -0.39 is 64.7 Å². The molecule has 1 fully saturated rings. The summed E-state index contributed by atoms with van der Waals surface area (Å²) in [6.45, 7) is 0.253. The van der Waals surface area contributed by atoms with Gasteiger partial charge in [0, 0.05) is 23.1 Å². The van der Waals surface area contributed by atoms with Gasteiger partial charge in [-0.15, -0.1) is 0 Å². The van der Waals surface area contributed by atoms with Gasteiger partial charge in [0.15, 0.2) is 0 Å². The Labute approximate surface area is 180 Å². The highest BCUT2D eigenvalue weighted by Crippen LogP contribution is 2.79. The number of ether oxygens (including phenoxy) is 1. The number of aromatic amines is 1. The lowest BCUT2D eigenvalue weighted by atomic mass is 10.1. The maximum absolute atomic E-state index is 13.3. The SMILES string of the molecule is Cc1cn([C@@H]2C[C@@H](N=[N+]=[N-])[C@H](COP(=O)(O)OP(=O)(O)C(F)(F)P(=O)(O)F)O2)c(=O)[nH]c1=O. The van der Waals surface area contributed by atoms with E-state index in [0.717, 1.165) is 10.8 Å². The zero-order chi connectivity index (χ0) is 25.4. The van der Waals surface area contributed by atoms with Crippen LogP contribution in [0.3, 0.4) is 0 Å². The molecule has 4 N–H and O–H groups in total. The summed E-state index contributed by atoms with van der Waals surface area (Å²) in [5, 5.41) is -2.62. The molecule has 2 heterocycles. The van der Waals surface area contributed by atoms with Crippen LogP contribution < -0.4 is 11.2 Å². The van der Waals surface area contributed by atoms with Crippen molar-refractivity contribution in [3.8, 4) is 0 Å². The molecule has 186 valence electrons. The largest absolute Gasteiger partial charge is 0.479 e. The summed E-state index contributed by atoms with van der Waals surface area (Å²) in [5.41, 5.74) is 7.15. The number of aromatic nitrogens is 2. The Bertz CT molecular complexity index is 1220. The number of azide groups is 1. The summed E-state index contributed by atoms with van der Waals surface area (Å²) in [4.78, 5) is 54.7. The lowest BCUT2D eigenvalue weighted by Crippen LogP contribution is -2.33. The molecule has 3 unspecified atom stereocenters. The maximum atomic E-state index is 13.3. The number of halogens is 3. The van der Waals surface area contributed by atoms with E-state index in [2.05, 4.69) is 18.9 Å². The van der Waals surface area contributed by atoms with E-state index in [1.165, 1.54) is 6.92 Å². The van der Waals surface area contributed by atoms with Crippen molar-refractivity contribution >= 4 is 23.1 Å². The first-order valence-electron chi connectivity index (χ1n) is 8.35. The van der Waals surface area contributed by atoms with Crippen LogP contribution in [0.2, 0.25) is 0 Å². The number of alkyl halides is 2. The van der Waals surface area contributed by atoms with Crippen LogP contribution in [0.25, 0.3) is 10.4 Å². The van der Waals surface area contributed by atoms with Crippen molar-refractivity contribution in [1.82, 2.24) is 9.55 Å². The molecule has 16 nitrogen and oxygen atoms in total. The Morgan fingerprint density at radius 3 is 2.52 bits per heavy atom. The second-order valence-corrected chi connectivity index (χ2v) is 11.9. The van der Waals surface area contributed by atoms with Gasteiger partial charge < -0.3 is 19.4 Å². The van der Waals surface area contributed by atoms with E-state index in [1.54, 1.807) is 0 Å². The van der Waals surface area contributed by atoms with Gasteiger partial charge in [0.25, 0.3) is 5.56 Å². The Balaban J connectivity index is 2.19. The quantitative estimate of drug-likeness (QED) is 0.151. The maximum Gasteiger partial charge on any atom is 0.479 e. The van der Waals surface area contributed by atoms with Gasteiger partial charge in [0.1, 0.15) is 6.23 Å². The van der Waals surface area contributed by atoms with Crippen molar-refractivity contribution in [3.05, 3.63) is 43.0 Å². The number of nitrogens with zero attached hydrogens (tertiary/aromatic N) is 4. The van der Waals surface area contributed by atoms with E-state index in [-0.39, 0.29) is 12.0 Å². The Hall–Kier alpha value is -1.77. The molecule has 0 saturated carbocycles. The van der Waals surface area contributed by atoms with Crippen LogP contribution >= 0.6 is 23.1 Å². The fraction of sp³-hybridized carbons (Fsp3) is 0.636. The zero-order valence-electron chi connectivity index (χ0n) is 16.1. The summed E-state index contributed by atoms with van der Waals surface area (Å²) in [5.74, 6) is 0. The van der Waals surface area contributed by atoms with Crippen molar-refractivity contribution in [2.75, 3.05) is 6.61 Å². The highest BCUT2D eigenvalue weighted by molar-refractivity contribution is 7.75. The highest BCUT2D eigenvalue weighted by Gasteiger charge is 2.68. The van der Waals surface area contributed by atoms with Crippen LogP contribution in [0.5, 0.6) is 0 Å². The molecule has 1 aromatic heterocycles. The van der Waals surface area contributed by atoms with Gasteiger partial charge in [-0.2, -0.15) is 13.0 Å². The number of H-pyrrole nitrogens is 1. The third-order valence-corrected chi connectivity index (χ3v) is 9.18. The lowest BCUT2D eigenvalue weighted by molar-refractivity contribution is -0.0268. The number of hydrogen-bond acceptors (Lipinski definition) is 9. The number of hydrogen-bond donors (Lipinski definition) is 4. The van der Waals surface area contributed by atoms with Gasteiger partial charge in [-0.1, -0.05) is 5.11 Å².